The van der Waals surface area contributed by atoms with Crippen LogP contribution in [0.2, 0.25) is 0 Å². The van der Waals surface area contributed by atoms with Crippen molar-refractivity contribution in [2.24, 2.45) is 0 Å². The molecule has 0 saturated carbocycles. The van der Waals surface area contributed by atoms with Crippen molar-refractivity contribution in [3.05, 3.63) is 29.8 Å². The average molecular weight is 290 g/mol. The van der Waals surface area contributed by atoms with Crippen LogP contribution in [0.4, 0.5) is 5.69 Å². The molecule has 0 spiro atoms. The molecular weight excluding hydrogens is 264 g/mol. The summed E-state index contributed by atoms with van der Waals surface area (Å²) in [6.45, 7) is 5.55. The highest BCUT2D eigenvalue weighted by molar-refractivity contribution is 5.89. The SMILES string of the molecule is CCCC1CCCCN1Nc1ccc(C(=O)OCC)cc1. The van der Waals surface area contributed by atoms with Crippen molar-refractivity contribution in [1.29, 1.82) is 0 Å². The zero-order chi connectivity index (χ0) is 15.1. The maximum Gasteiger partial charge on any atom is 0.338 e. The zero-order valence-electron chi connectivity index (χ0n) is 13.1. The van der Waals surface area contributed by atoms with Gasteiger partial charge < -0.3 is 10.2 Å². The van der Waals surface area contributed by atoms with Gasteiger partial charge in [0.25, 0.3) is 0 Å². The summed E-state index contributed by atoms with van der Waals surface area (Å²) in [5, 5.41) is 2.35. The second-order valence-electron chi connectivity index (χ2n) is 5.54. The van der Waals surface area contributed by atoms with Gasteiger partial charge >= 0.3 is 5.97 Å². The van der Waals surface area contributed by atoms with E-state index >= 15 is 0 Å². The summed E-state index contributed by atoms with van der Waals surface area (Å²) in [6, 6.07) is 8.15. The predicted molar refractivity (Wildman–Crippen MR) is 85.3 cm³/mol. The minimum atomic E-state index is -0.258. The van der Waals surface area contributed by atoms with Gasteiger partial charge in [0.15, 0.2) is 0 Å². The van der Waals surface area contributed by atoms with E-state index < -0.39 is 0 Å². The maximum atomic E-state index is 11.6. The van der Waals surface area contributed by atoms with E-state index in [0.717, 1.165) is 12.2 Å². The van der Waals surface area contributed by atoms with Gasteiger partial charge in [-0.1, -0.05) is 19.8 Å². The smallest absolute Gasteiger partial charge is 0.338 e. The van der Waals surface area contributed by atoms with Gasteiger partial charge in [-0.05, 0) is 50.5 Å². The number of esters is 1. The molecule has 1 atom stereocenters. The molecule has 1 heterocycles. The van der Waals surface area contributed by atoms with Crippen molar-refractivity contribution in [3.8, 4) is 0 Å². The molecule has 2 rings (SSSR count). The van der Waals surface area contributed by atoms with Crippen molar-refractivity contribution >= 4 is 11.7 Å². The normalized spacial score (nSPS) is 19.2. The minimum absolute atomic E-state index is 0.258. The first-order valence-corrected chi connectivity index (χ1v) is 8.05. The molecular formula is C17H26N2O2. The first-order chi connectivity index (χ1) is 10.2. The number of carbonyl (C=O) groups excluding carboxylic acids is 1. The standard InChI is InChI=1S/C17H26N2O2/c1-3-7-16-8-5-6-13-19(16)18-15-11-9-14(10-12-15)17(20)21-4-2/h9-12,16,18H,3-8,13H2,1-2H3. The highest BCUT2D eigenvalue weighted by Crippen LogP contribution is 2.22. The van der Waals surface area contributed by atoms with Gasteiger partial charge in [0.1, 0.15) is 0 Å². The van der Waals surface area contributed by atoms with Crippen molar-refractivity contribution in [2.45, 2.75) is 52.0 Å². The average Bonchev–Trinajstić information content (AvgIpc) is 2.50. The van der Waals surface area contributed by atoms with E-state index in [1.807, 2.05) is 31.2 Å². The van der Waals surface area contributed by atoms with E-state index in [-0.39, 0.29) is 5.97 Å². The number of hydrogen-bond acceptors (Lipinski definition) is 4. The quantitative estimate of drug-likeness (QED) is 0.808. The van der Waals surface area contributed by atoms with Crippen molar-refractivity contribution in [3.63, 3.8) is 0 Å². The lowest BCUT2D eigenvalue weighted by Gasteiger charge is -2.36. The third kappa shape index (κ3) is 4.46. The summed E-state index contributed by atoms with van der Waals surface area (Å²) in [5.74, 6) is -0.258. The van der Waals surface area contributed by atoms with Crippen LogP contribution in [0.5, 0.6) is 0 Å². The fourth-order valence-corrected chi connectivity index (χ4v) is 2.84. The molecule has 21 heavy (non-hydrogen) atoms. The van der Waals surface area contributed by atoms with Crippen LogP contribution < -0.4 is 5.43 Å². The molecule has 0 aromatic heterocycles. The van der Waals surface area contributed by atoms with Crippen molar-refractivity contribution in [2.75, 3.05) is 18.6 Å². The fraction of sp³-hybridized carbons (Fsp3) is 0.588. The number of nitrogens with one attached hydrogen (secondary N) is 1. The van der Waals surface area contributed by atoms with E-state index in [0.29, 0.717) is 18.2 Å². The van der Waals surface area contributed by atoms with Crippen LogP contribution in [-0.4, -0.2) is 30.2 Å². The van der Waals surface area contributed by atoms with E-state index in [9.17, 15) is 4.79 Å². The topological polar surface area (TPSA) is 41.6 Å². The Bertz CT molecular complexity index is 443. The summed E-state index contributed by atoms with van der Waals surface area (Å²) in [7, 11) is 0. The largest absolute Gasteiger partial charge is 0.462 e. The van der Waals surface area contributed by atoms with Gasteiger partial charge in [-0.25, -0.2) is 9.80 Å². The maximum absolute atomic E-state index is 11.6. The molecule has 1 aliphatic rings. The van der Waals surface area contributed by atoms with Crippen LogP contribution in [0.15, 0.2) is 24.3 Å². The van der Waals surface area contributed by atoms with Crippen LogP contribution in [0.3, 0.4) is 0 Å². The molecule has 1 aliphatic heterocycles. The predicted octanol–water partition coefficient (Wildman–Crippen LogP) is 3.84. The molecule has 1 saturated heterocycles. The number of anilines is 1. The number of hydrazine groups is 1. The Hall–Kier alpha value is -1.55. The van der Waals surface area contributed by atoms with Crippen molar-refractivity contribution in [1.82, 2.24) is 5.01 Å². The zero-order valence-corrected chi connectivity index (χ0v) is 13.1. The Morgan fingerprint density at radius 3 is 2.71 bits per heavy atom. The Balaban J connectivity index is 1.97. The lowest BCUT2D eigenvalue weighted by molar-refractivity contribution is 0.0526. The van der Waals surface area contributed by atoms with E-state index in [1.54, 1.807) is 0 Å². The van der Waals surface area contributed by atoms with Crippen LogP contribution in [0.1, 0.15) is 56.3 Å². The summed E-state index contributed by atoms with van der Waals surface area (Å²) >= 11 is 0. The Labute approximate surface area is 127 Å². The van der Waals surface area contributed by atoms with Crippen molar-refractivity contribution < 1.29 is 9.53 Å². The van der Waals surface area contributed by atoms with Gasteiger partial charge in [0, 0.05) is 18.3 Å². The second kappa shape index (κ2) is 8.03. The van der Waals surface area contributed by atoms with E-state index in [1.165, 1.54) is 32.1 Å². The lowest BCUT2D eigenvalue weighted by atomic mass is 10.00. The molecule has 0 amide bonds. The Kier molecular flexibility index (Phi) is 6.05. The van der Waals surface area contributed by atoms with E-state index in [2.05, 4.69) is 17.4 Å². The molecule has 1 aromatic carbocycles. The molecule has 1 unspecified atom stereocenters. The van der Waals surface area contributed by atoms with Gasteiger partial charge in [0.05, 0.1) is 12.2 Å². The number of rotatable bonds is 6. The number of nitrogens with zero attached hydrogens (tertiary/aromatic N) is 1. The van der Waals surface area contributed by atoms with Gasteiger partial charge in [-0.2, -0.15) is 0 Å². The molecule has 116 valence electrons. The monoisotopic (exact) mass is 290 g/mol. The number of hydrogen-bond donors (Lipinski definition) is 1. The molecule has 0 bridgehead atoms. The number of benzene rings is 1. The van der Waals surface area contributed by atoms with Crippen LogP contribution in [-0.2, 0) is 4.74 Å². The molecule has 1 aromatic rings. The Morgan fingerprint density at radius 2 is 2.05 bits per heavy atom. The van der Waals surface area contributed by atoms with Crippen LogP contribution >= 0.6 is 0 Å². The van der Waals surface area contributed by atoms with E-state index in [4.69, 9.17) is 4.74 Å². The van der Waals surface area contributed by atoms with Gasteiger partial charge in [-0.15, -0.1) is 0 Å². The Morgan fingerprint density at radius 1 is 1.29 bits per heavy atom. The molecule has 4 heteroatoms. The van der Waals surface area contributed by atoms with Crippen LogP contribution in [0, 0.1) is 0 Å². The lowest BCUT2D eigenvalue weighted by Crippen LogP contribution is -2.43. The molecule has 0 radical (unpaired) electrons. The first kappa shape index (κ1) is 15.8. The minimum Gasteiger partial charge on any atom is -0.462 e. The summed E-state index contributed by atoms with van der Waals surface area (Å²) < 4.78 is 5.00. The number of piperidine rings is 1. The molecule has 1 fully saturated rings. The number of ether oxygens (including phenoxy) is 1. The summed E-state index contributed by atoms with van der Waals surface area (Å²) in [6.07, 6.45) is 6.28. The first-order valence-electron chi connectivity index (χ1n) is 8.05. The molecule has 0 aliphatic carbocycles. The van der Waals surface area contributed by atoms with Gasteiger partial charge in [0.2, 0.25) is 0 Å². The third-order valence-corrected chi connectivity index (χ3v) is 3.92. The summed E-state index contributed by atoms with van der Waals surface area (Å²) in [5.41, 5.74) is 5.13. The molecule has 1 N–H and O–H groups in total. The second-order valence-corrected chi connectivity index (χ2v) is 5.54. The fourth-order valence-electron chi connectivity index (χ4n) is 2.84. The third-order valence-electron chi connectivity index (χ3n) is 3.92. The summed E-state index contributed by atoms with van der Waals surface area (Å²) in [4.78, 5) is 11.6. The molecule has 4 nitrogen and oxygen atoms in total. The highest BCUT2D eigenvalue weighted by Gasteiger charge is 2.21. The highest BCUT2D eigenvalue weighted by atomic mass is 16.5. The van der Waals surface area contributed by atoms with Crippen LogP contribution in [0.25, 0.3) is 0 Å². The van der Waals surface area contributed by atoms with Gasteiger partial charge in [-0.3, -0.25) is 0 Å². The number of carbonyl (C=O) groups is 1.